The Kier molecular flexibility index (Phi) is 1.85. The molecule has 1 aliphatic carbocycles. The highest BCUT2D eigenvalue weighted by atomic mass is 19.1. The molecule has 2 unspecified atom stereocenters. The molecule has 1 aliphatic rings. The zero-order valence-electron chi connectivity index (χ0n) is 6.83. The summed E-state index contributed by atoms with van der Waals surface area (Å²) in [4.78, 5) is 0. The minimum atomic E-state index is -0.100. The second kappa shape index (κ2) is 2.87. The Morgan fingerprint density at radius 3 is 2.67 bits per heavy atom. The normalized spacial score (nSPS) is 27.2. The van der Waals surface area contributed by atoms with Crippen molar-refractivity contribution in [2.75, 3.05) is 0 Å². The molecule has 1 aromatic rings. The van der Waals surface area contributed by atoms with Crippen LogP contribution in [0, 0.1) is 11.7 Å². The molecule has 2 N–H and O–H groups in total. The monoisotopic (exact) mass is 165 g/mol. The lowest BCUT2D eigenvalue weighted by Crippen LogP contribution is -2.04. The van der Waals surface area contributed by atoms with E-state index in [-0.39, 0.29) is 5.82 Å². The lowest BCUT2D eigenvalue weighted by atomic mass is 10.1. The van der Waals surface area contributed by atoms with E-state index in [0.29, 0.717) is 12.0 Å². The van der Waals surface area contributed by atoms with E-state index in [1.54, 1.807) is 6.07 Å². The van der Waals surface area contributed by atoms with E-state index in [1.165, 1.54) is 6.07 Å². The first kappa shape index (κ1) is 7.74. The molecule has 0 spiro atoms. The summed E-state index contributed by atoms with van der Waals surface area (Å²) in [5.74, 6) is 0.415. The van der Waals surface area contributed by atoms with Gasteiger partial charge in [-0.05, 0) is 30.4 Å². The van der Waals surface area contributed by atoms with E-state index in [0.717, 1.165) is 18.4 Å². The van der Waals surface area contributed by atoms with Gasteiger partial charge in [-0.3, -0.25) is 0 Å². The molecule has 64 valence electrons. The fourth-order valence-electron chi connectivity index (χ4n) is 1.45. The van der Waals surface area contributed by atoms with E-state index >= 15 is 0 Å². The third-order valence-electron chi connectivity index (χ3n) is 2.42. The Balaban J connectivity index is 2.08. The topological polar surface area (TPSA) is 26.0 Å². The van der Waals surface area contributed by atoms with E-state index in [4.69, 9.17) is 5.73 Å². The molecule has 0 heterocycles. The molecule has 12 heavy (non-hydrogen) atoms. The molecule has 0 aromatic heterocycles. The van der Waals surface area contributed by atoms with Gasteiger partial charge in [0.2, 0.25) is 0 Å². The summed E-state index contributed by atoms with van der Waals surface area (Å²) in [6, 6.07) is 7.23. The maximum absolute atomic E-state index is 13.1. The quantitative estimate of drug-likeness (QED) is 0.709. The Labute approximate surface area is 71.4 Å². The highest BCUT2D eigenvalue weighted by Gasteiger charge is 2.33. The van der Waals surface area contributed by atoms with Crippen LogP contribution in [0.3, 0.4) is 0 Å². The summed E-state index contributed by atoms with van der Waals surface area (Å²) >= 11 is 0. The molecule has 0 aliphatic heterocycles. The molecular formula is C10H12FN. The number of hydrogen-bond acceptors (Lipinski definition) is 1. The SMILES string of the molecule is NC1CC1Cc1ccccc1F. The summed E-state index contributed by atoms with van der Waals surface area (Å²) in [6.07, 6.45) is 1.85. The van der Waals surface area contributed by atoms with E-state index < -0.39 is 0 Å². The van der Waals surface area contributed by atoms with Gasteiger partial charge in [0.15, 0.2) is 0 Å². The van der Waals surface area contributed by atoms with E-state index in [1.807, 2.05) is 12.1 Å². The van der Waals surface area contributed by atoms with Crippen molar-refractivity contribution < 1.29 is 4.39 Å². The third kappa shape index (κ3) is 1.48. The van der Waals surface area contributed by atoms with Crippen LogP contribution in [0.2, 0.25) is 0 Å². The Hall–Kier alpha value is -0.890. The Morgan fingerprint density at radius 2 is 2.08 bits per heavy atom. The fraction of sp³-hybridized carbons (Fsp3) is 0.400. The van der Waals surface area contributed by atoms with Gasteiger partial charge < -0.3 is 5.73 Å². The molecule has 2 heteroatoms. The van der Waals surface area contributed by atoms with Gasteiger partial charge in [-0.2, -0.15) is 0 Å². The number of hydrogen-bond donors (Lipinski definition) is 1. The lowest BCUT2D eigenvalue weighted by molar-refractivity contribution is 0.600. The van der Waals surface area contributed by atoms with Gasteiger partial charge in [0.05, 0.1) is 0 Å². The van der Waals surface area contributed by atoms with Crippen LogP contribution in [0.5, 0.6) is 0 Å². The van der Waals surface area contributed by atoms with E-state index in [9.17, 15) is 4.39 Å². The van der Waals surface area contributed by atoms with Crippen molar-refractivity contribution >= 4 is 0 Å². The van der Waals surface area contributed by atoms with Gasteiger partial charge in [-0.25, -0.2) is 4.39 Å². The average molecular weight is 165 g/mol. The van der Waals surface area contributed by atoms with Crippen LogP contribution >= 0.6 is 0 Å². The standard InChI is InChI=1S/C10H12FN/c11-9-4-2-1-3-7(9)5-8-6-10(8)12/h1-4,8,10H,5-6,12H2. The van der Waals surface area contributed by atoms with Gasteiger partial charge in [-0.15, -0.1) is 0 Å². The first-order valence-corrected chi connectivity index (χ1v) is 4.26. The predicted octanol–water partition coefficient (Wildman–Crippen LogP) is 1.72. The Bertz CT molecular complexity index is 285. The van der Waals surface area contributed by atoms with Crippen LogP contribution in [0.15, 0.2) is 24.3 Å². The zero-order chi connectivity index (χ0) is 8.55. The Morgan fingerprint density at radius 1 is 1.42 bits per heavy atom. The number of benzene rings is 1. The van der Waals surface area contributed by atoms with Crippen LogP contribution in [-0.4, -0.2) is 6.04 Å². The molecule has 0 amide bonds. The maximum atomic E-state index is 13.1. The average Bonchev–Trinajstić information content (AvgIpc) is 2.72. The summed E-state index contributed by atoms with van der Waals surface area (Å²) in [5.41, 5.74) is 6.44. The van der Waals surface area contributed by atoms with E-state index in [2.05, 4.69) is 0 Å². The van der Waals surface area contributed by atoms with Crippen molar-refractivity contribution in [2.24, 2.45) is 11.7 Å². The lowest BCUT2D eigenvalue weighted by Gasteiger charge is -2.00. The van der Waals surface area contributed by atoms with Gasteiger partial charge in [0.1, 0.15) is 5.82 Å². The summed E-state index contributed by atoms with van der Waals surface area (Å²) in [5, 5.41) is 0. The highest BCUT2D eigenvalue weighted by molar-refractivity contribution is 5.19. The predicted molar refractivity (Wildman–Crippen MR) is 46.2 cm³/mol. The van der Waals surface area contributed by atoms with Gasteiger partial charge >= 0.3 is 0 Å². The minimum Gasteiger partial charge on any atom is -0.327 e. The van der Waals surface area contributed by atoms with Crippen molar-refractivity contribution in [2.45, 2.75) is 18.9 Å². The van der Waals surface area contributed by atoms with Crippen LogP contribution in [0.25, 0.3) is 0 Å². The maximum Gasteiger partial charge on any atom is 0.126 e. The number of nitrogens with two attached hydrogens (primary N) is 1. The van der Waals surface area contributed by atoms with Gasteiger partial charge in [-0.1, -0.05) is 18.2 Å². The molecule has 2 rings (SSSR count). The molecular weight excluding hydrogens is 153 g/mol. The number of halogens is 1. The van der Waals surface area contributed by atoms with Crippen LogP contribution in [0.4, 0.5) is 4.39 Å². The van der Waals surface area contributed by atoms with Gasteiger partial charge in [0, 0.05) is 6.04 Å². The van der Waals surface area contributed by atoms with Crippen molar-refractivity contribution in [1.29, 1.82) is 0 Å². The second-order valence-corrected chi connectivity index (χ2v) is 3.46. The molecule has 0 saturated heterocycles. The molecule has 1 nitrogen and oxygen atoms in total. The third-order valence-corrected chi connectivity index (χ3v) is 2.42. The van der Waals surface area contributed by atoms with Crippen molar-refractivity contribution in [3.8, 4) is 0 Å². The fourth-order valence-corrected chi connectivity index (χ4v) is 1.45. The summed E-state index contributed by atoms with van der Waals surface area (Å²) in [6.45, 7) is 0. The molecule has 1 saturated carbocycles. The van der Waals surface area contributed by atoms with Crippen molar-refractivity contribution in [3.05, 3.63) is 35.6 Å². The summed E-state index contributed by atoms with van der Waals surface area (Å²) in [7, 11) is 0. The first-order chi connectivity index (χ1) is 5.77. The zero-order valence-corrected chi connectivity index (χ0v) is 6.83. The van der Waals surface area contributed by atoms with Crippen LogP contribution in [-0.2, 0) is 6.42 Å². The molecule has 1 fully saturated rings. The van der Waals surface area contributed by atoms with Crippen molar-refractivity contribution in [1.82, 2.24) is 0 Å². The van der Waals surface area contributed by atoms with Gasteiger partial charge in [0.25, 0.3) is 0 Å². The molecule has 2 atom stereocenters. The number of rotatable bonds is 2. The van der Waals surface area contributed by atoms with Crippen molar-refractivity contribution in [3.63, 3.8) is 0 Å². The van der Waals surface area contributed by atoms with Crippen LogP contribution < -0.4 is 5.73 Å². The summed E-state index contributed by atoms with van der Waals surface area (Å²) < 4.78 is 13.1. The molecule has 1 aromatic carbocycles. The highest BCUT2D eigenvalue weighted by Crippen LogP contribution is 2.31. The first-order valence-electron chi connectivity index (χ1n) is 4.26. The smallest absolute Gasteiger partial charge is 0.126 e. The largest absolute Gasteiger partial charge is 0.327 e. The molecule has 0 bridgehead atoms. The minimum absolute atomic E-state index is 0.100. The second-order valence-electron chi connectivity index (χ2n) is 3.46. The van der Waals surface area contributed by atoms with Crippen LogP contribution in [0.1, 0.15) is 12.0 Å². The molecule has 0 radical (unpaired) electrons.